The summed E-state index contributed by atoms with van der Waals surface area (Å²) in [6, 6.07) is 0. The van der Waals surface area contributed by atoms with Gasteiger partial charge in [0.1, 0.15) is 0 Å². The Morgan fingerprint density at radius 1 is 0.833 bits per heavy atom. The SMILES string of the molecule is SCC1C2CCC1C1CCCC21. The molecule has 3 saturated carbocycles. The van der Waals surface area contributed by atoms with Gasteiger partial charge in [-0.25, -0.2) is 0 Å². The smallest absolute Gasteiger partial charge is 0.00640 e. The lowest BCUT2D eigenvalue weighted by atomic mass is 9.82. The Labute approximate surface area is 80.5 Å². The van der Waals surface area contributed by atoms with Crippen molar-refractivity contribution >= 4 is 12.6 Å². The summed E-state index contributed by atoms with van der Waals surface area (Å²) in [6.07, 6.45) is 7.71. The molecule has 12 heavy (non-hydrogen) atoms. The highest BCUT2D eigenvalue weighted by Crippen LogP contribution is 2.61. The maximum absolute atomic E-state index is 4.52. The van der Waals surface area contributed by atoms with Crippen molar-refractivity contribution in [3.63, 3.8) is 0 Å². The third kappa shape index (κ3) is 0.814. The van der Waals surface area contributed by atoms with E-state index in [-0.39, 0.29) is 0 Å². The van der Waals surface area contributed by atoms with Crippen molar-refractivity contribution in [2.45, 2.75) is 32.1 Å². The number of thiol groups is 1. The van der Waals surface area contributed by atoms with Crippen LogP contribution >= 0.6 is 12.6 Å². The summed E-state index contributed by atoms with van der Waals surface area (Å²) in [5, 5.41) is 0. The molecule has 68 valence electrons. The normalized spacial score (nSPS) is 56.2. The zero-order chi connectivity index (χ0) is 8.13. The third-order valence-corrected chi connectivity index (χ3v) is 5.29. The van der Waals surface area contributed by atoms with E-state index in [9.17, 15) is 0 Å². The van der Waals surface area contributed by atoms with Crippen LogP contribution in [-0.2, 0) is 0 Å². The van der Waals surface area contributed by atoms with Gasteiger partial charge < -0.3 is 0 Å². The Bertz CT molecular complexity index is 167. The largest absolute Gasteiger partial charge is 0.179 e. The van der Waals surface area contributed by atoms with Gasteiger partial charge in [0.2, 0.25) is 0 Å². The summed E-state index contributed by atoms with van der Waals surface area (Å²) in [7, 11) is 0. The third-order valence-electron chi connectivity index (χ3n) is 4.87. The molecule has 0 aromatic rings. The van der Waals surface area contributed by atoms with E-state index < -0.39 is 0 Å². The summed E-state index contributed by atoms with van der Waals surface area (Å²) >= 11 is 4.52. The van der Waals surface area contributed by atoms with Crippen LogP contribution in [0.25, 0.3) is 0 Å². The molecule has 0 nitrogen and oxygen atoms in total. The highest BCUT2D eigenvalue weighted by Gasteiger charge is 2.54. The van der Waals surface area contributed by atoms with Crippen molar-refractivity contribution in [1.29, 1.82) is 0 Å². The Kier molecular flexibility index (Phi) is 1.72. The van der Waals surface area contributed by atoms with Crippen molar-refractivity contribution in [2.75, 3.05) is 5.75 Å². The van der Waals surface area contributed by atoms with E-state index in [1.54, 1.807) is 12.8 Å². The van der Waals surface area contributed by atoms with Crippen LogP contribution in [0.3, 0.4) is 0 Å². The Balaban J connectivity index is 1.88. The van der Waals surface area contributed by atoms with Gasteiger partial charge in [-0.2, -0.15) is 12.6 Å². The minimum absolute atomic E-state index is 1.02. The second-order valence-electron chi connectivity index (χ2n) is 5.01. The fourth-order valence-corrected chi connectivity index (χ4v) is 5.09. The van der Waals surface area contributed by atoms with Crippen LogP contribution in [-0.4, -0.2) is 5.75 Å². The van der Waals surface area contributed by atoms with E-state index in [2.05, 4.69) is 12.6 Å². The summed E-state index contributed by atoms with van der Waals surface area (Å²) in [4.78, 5) is 0. The van der Waals surface area contributed by atoms with Crippen molar-refractivity contribution in [3.8, 4) is 0 Å². The first-order chi connectivity index (χ1) is 5.92. The van der Waals surface area contributed by atoms with Gasteiger partial charge >= 0.3 is 0 Å². The van der Waals surface area contributed by atoms with Crippen LogP contribution in [0.1, 0.15) is 32.1 Å². The summed E-state index contributed by atoms with van der Waals surface area (Å²) in [5.74, 6) is 6.66. The number of rotatable bonds is 1. The monoisotopic (exact) mass is 182 g/mol. The molecular formula is C11H18S. The minimum atomic E-state index is 1.02. The fourth-order valence-electron chi connectivity index (χ4n) is 4.55. The van der Waals surface area contributed by atoms with Crippen LogP contribution in [0, 0.1) is 29.6 Å². The van der Waals surface area contributed by atoms with Gasteiger partial charge in [0.25, 0.3) is 0 Å². The van der Waals surface area contributed by atoms with E-state index in [1.807, 2.05) is 0 Å². The van der Waals surface area contributed by atoms with Crippen LogP contribution in [0.5, 0.6) is 0 Å². The molecule has 0 radical (unpaired) electrons. The lowest BCUT2D eigenvalue weighted by Gasteiger charge is -2.23. The molecule has 0 aromatic carbocycles. The summed E-state index contributed by atoms with van der Waals surface area (Å²) in [6.45, 7) is 0. The predicted octanol–water partition coefficient (Wildman–Crippen LogP) is 2.99. The van der Waals surface area contributed by atoms with Crippen LogP contribution in [0.2, 0.25) is 0 Å². The van der Waals surface area contributed by atoms with E-state index in [0.717, 1.165) is 29.6 Å². The predicted molar refractivity (Wildman–Crippen MR) is 54.4 cm³/mol. The molecule has 0 aromatic heterocycles. The van der Waals surface area contributed by atoms with Gasteiger partial charge in [0.05, 0.1) is 0 Å². The topological polar surface area (TPSA) is 0 Å². The Morgan fingerprint density at radius 3 is 1.92 bits per heavy atom. The summed E-state index contributed by atoms with van der Waals surface area (Å²) in [5.41, 5.74) is 0. The maximum Gasteiger partial charge on any atom is -0.00640 e. The zero-order valence-electron chi connectivity index (χ0n) is 7.58. The summed E-state index contributed by atoms with van der Waals surface area (Å²) < 4.78 is 0. The molecule has 0 spiro atoms. The standard InChI is InChI=1S/C11H18S/c12-6-11-9-4-5-10(11)8-3-1-2-7(8)9/h7-12H,1-6H2. The molecule has 3 aliphatic carbocycles. The van der Waals surface area contributed by atoms with Gasteiger partial charge in [-0.15, -0.1) is 0 Å². The van der Waals surface area contributed by atoms with Crippen molar-refractivity contribution in [2.24, 2.45) is 29.6 Å². The Morgan fingerprint density at radius 2 is 1.42 bits per heavy atom. The molecule has 2 bridgehead atoms. The lowest BCUT2D eigenvalue weighted by Crippen LogP contribution is -2.15. The molecular weight excluding hydrogens is 164 g/mol. The van der Waals surface area contributed by atoms with Gasteiger partial charge in [-0.05, 0) is 61.0 Å². The fraction of sp³-hybridized carbons (Fsp3) is 1.00. The van der Waals surface area contributed by atoms with E-state index in [0.29, 0.717) is 0 Å². The zero-order valence-corrected chi connectivity index (χ0v) is 8.47. The molecule has 0 heterocycles. The molecule has 3 rings (SSSR count). The van der Waals surface area contributed by atoms with Crippen LogP contribution < -0.4 is 0 Å². The van der Waals surface area contributed by atoms with E-state index >= 15 is 0 Å². The molecule has 0 N–H and O–H groups in total. The van der Waals surface area contributed by atoms with E-state index in [4.69, 9.17) is 0 Å². The van der Waals surface area contributed by atoms with Crippen molar-refractivity contribution in [1.82, 2.24) is 0 Å². The highest BCUT2D eigenvalue weighted by molar-refractivity contribution is 7.80. The second kappa shape index (κ2) is 2.67. The molecule has 0 saturated heterocycles. The Hall–Kier alpha value is 0.350. The molecule has 0 aliphatic heterocycles. The first-order valence-electron chi connectivity index (χ1n) is 5.52. The molecule has 1 heteroatoms. The molecule has 3 fully saturated rings. The minimum Gasteiger partial charge on any atom is -0.179 e. The number of hydrogen-bond donors (Lipinski definition) is 1. The number of hydrogen-bond acceptors (Lipinski definition) is 1. The highest BCUT2D eigenvalue weighted by atomic mass is 32.1. The first kappa shape index (κ1) is 7.73. The van der Waals surface area contributed by atoms with Crippen molar-refractivity contribution < 1.29 is 0 Å². The van der Waals surface area contributed by atoms with Gasteiger partial charge in [0.15, 0.2) is 0 Å². The average molecular weight is 182 g/mol. The molecule has 3 aliphatic rings. The lowest BCUT2D eigenvalue weighted by molar-refractivity contribution is 0.259. The van der Waals surface area contributed by atoms with Gasteiger partial charge in [-0.3, -0.25) is 0 Å². The molecule has 4 unspecified atom stereocenters. The van der Waals surface area contributed by atoms with Crippen LogP contribution in [0.4, 0.5) is 0 Å². The first-order valence-corrected chi connectivity index (χ1v) is 6.16. The van der Waals surface area contributed by atoms with Crippen molar-refractivity contribution in [3.05, 3.63) is 0 Å². The second-order valence-corrected chi connectivity index (χ2v) is 5.38. The van der Waals surface area contributed by atoms with Gasteiger partial charge in [-0.1, -0.05) is 6.42 Å². The van der Waals surface area contributed by atoms with Crippen LogP contribution in [0.15, 0.2) is 0 Å². The number of fused-ring (bicyclic) bond motifs is 5. The molecule has 4 atom stereocenters. The van der Waals surface area contributed by atoms with Gasteiger partial charge in [0, 0.05) is 0 Å². The molecule has 0 amide bonds. The van der Waals surface area contributed by atoms with E-state index in [1.165, 1.54) is 25.0 Å². The average Bonchev–Trinajstić information content (AvgIpc) is 2.75. The maximum atomic E-state index is 4.52. The quantitative estimate of drug-likeness (QED) is 0.592.